The predicted molar refractivity (Wildman–Crippen MR) is 40.6 cm³/mol. The van der Waals surface area contributed by atoms with E-state index >= 15 is 0 Å². The van der Waals surface area contributed by atoms with Crippen LogP contribution in [0.5, 0.6) is 0 Å². The summed E-state index contributed by atoms with van der Waals surface area (Å²) in [6.45, 7) is 1.62. The molecule has 1 fully saturated rings. The Morgan fingerprint density at radius 2 is 2.08 bits per heavy atom. The molecular formula is C7H11NO5. The topological polar surface area (TPSA) is 73.9 Å². The monoisotopic (exact) mass is 189 g/mol. The first-order valence-corrected chi connectivity index (χ1v) is 3.71. The molecule has 74 valence electrons. The maximum Gasteiger partial charge on any atom is 0.508 e. The van der Waals surface area contributed by atoms with Crippen molar-refractivity contribution in [1.82, 2.24) is 5.48 Å². The summed E-state index contributed by atoms with van der Waals surface area (Å²) in [4.78, 5) is 26.3. The van der Waals surface area contributed by atoms with E-state index in [0.717, 1.165) is 0 Å². The highest BCUT2D eigenvalue weighted by Crippen LogP contribution is 2.22. The molecule has 1 aliphatic heterocycles. The quantitative estimate of drug-likeness (QED) is 0.482. The summed E-state index contributed by atoms with van der Waals surface area (Å²) < 4.78 is 9.17. The van der Waals surface area contributed by atoms with Crippen molar-refractivity contribution < 1.29 is 23.9 Å². The van der Waals surface area contributed by atoms with E-state index in [1.165, 1.54) is 7.11 Å². The summed E-state index contributed by atoms with van der Waals surface area (Å²) >= 11 is 0. The van der Waals surface area contributed by atoms with E-state index in [4.69, 9.17) is 0 Å². The Balaban J connectivity index is 2.56. The minimum Gasteiger partial charge on any atom is -0.433 e. The molecule has 13 heavy (non-hydrogen) atoms. The zero-order valence-electron chi connectivity index (χ0n) is 7.46. The third-order valence-corrected chi connectivity index (χ3v) is 1.76. The van der Waals surface area contributed by atoms with Crippen molar-refractivity contribution in [3.05, 3.63) is 0 Å². The zero-order chi connectivity index (χ0) is 9.90. The van der Waals surface area contributed by atoms with Gasteiger partial charge in [-0.1, -0.05) is 0 Å². The van der Waals surface area contributed by atoms with Crippen molar-refractivity contribution in [1.29, 1.82) is 0 Å². The van der Waals surface area contributed by atoms with E-state index in [9.17, 15) is 9.59 Å². The van der Waals surface area contributed by atoms with Crippen LogP contribution in [0.25, 0.3) is 0 Å². The van der Waals surface area contributed by atoms with Gasteiger partial charge in [-0.2, -0.15) is 0 Å². The zero-order valence-corrected chi connectivity index (χ0v) is 7.46. The first-order chi connectivity index (χ1) is 6.08. The highest BCUT2D eigenvalue weighted by molar-refractivity contribution is 5.82. The summed E-state index contributed by atoms with van der Waals surface area (Å²) in [6, 6.07) is 0. The van der Waals surface area contributed by atoms with Crippen LogP contribution < -0.4 is 5.48 Å². The Bertz CT molecular complexity index is 217. The largest absolute Gasteiger partial charge is 0.508 e. The van der Waals surface area contributed by atoms with Gasteiger partial charge in [0.25, 0.3) is 5.91 Å². The van der Waals surface area contributed by atoms with Crippen molar-refractivity contribution in [3.8, 4) is 0 Å². The molecule has 1 amide bonds. The first kappa shape index (κ1) is 9.79. The highest BCUT2D eigenvalue weighted by atomic mass is 16.7. The third kappa shape index (κ3) is 2.09. The molecule has 0 aromatic carbocycles. The molecule has 1 rings (SSSR count). The number of ether oxygens (including phenoxy) is 2. The van der Waals surface area contributed by atoms with E-state index in [0.29, 0.717) is 0 Å². The van der Waals surface area contributed by atoms with E-state index in [2.05, 4.69) is 19.8 Å². The van der Waals surface area contributed by atoms with Crippen LogP contribution in [-0.4, -0.2) is 32.4 Å². The molecule has 0 bridgehead atoms. The number of rotatable bonds is 2. The Morgan fingerprint density at radius 3 is 2.54 bits per heavy atom. The molecule has 0 radical (unpaired) electrons. The molecule has 1 aliphatic rings. The number of hydroxylamine groups is 1. The summed E-state index contributed by atoms with van der Waals surface area (Å²) in [6.07, 6.45) is -0.748. The molecule has 0 aromatic heterocycles. The fraction of sp³-hybridized carbons (Fsp3) is 0.714. The van der Waals surface area contributed by atoms with Gasteiger partial charge in [0.2, 0.25) is 0 Å². The van der Waals surface area contributed by atoms with Gasteiger partial charge in [0.15, 0.2) is 0 Å². The average Bonchev–Trinajstić information content (AvgIpc) is 2.11. The smallest absolute Gasteiger partial charge is 0.433 e. The van der Waals surface area contributed by atoms with Crippen LogP contribution in [0.4, 0.5) is 4.79 Å². The Morgan fingerprint density at radius 1 is 1.54 bits per heavy atom. The van der Waals surface area contributed by atoms with Gasteiger partial charge in [-0.15, -0.1) is 0 Å². The standard InChI is InChI=1S/C7H11NO5/c1-7(5(9)8-11-2)3-12-6(10)13-4-7/h3-4H2,1-2H3,(H,8,9). The summed E-state index contributed by atoms with van der Waals surface area (Å²) in [5, 5.41) is 0. The van der Waals surface area contributed by atoms with E-state index in [1.807, 2.05) is 0 Å². The van der Waals surface area contributed by atoms with Crippen LogP contribution in [0.3, 0.4) is 0 Å². The van der Waals surface area contributed by atoms with Crippen molar-refractivity contribution in [2.75, 3.05) is 20.3 Å². The van der Waals surface area contributed by atoms with Gasteiger partial charge in [-0.3, -0.25) is 9.63 Å². The molecule has 0 aromatic rings. The Kier molecular flexibility index (Phi) is 2.72. The summed E-state index contributed by atoms with van der Waals surface area (Å²) in [5.41, 5.74) is 1.29. The number of amides is 1. The molecule has 0 atom stereocenters. The van der Waals surface area contributed by atoms with Crippen LogP contribution in [-0.2, 0) is 19.1 Å². The van der Waals surface area contributed by atoms with E-state index in [1.54, 1.807) is 6.92 Å². The molecule has 1 N–H and O–H groups in total. The molecular weight excluding hydrogens is 178 g/mol. The second-order valence-corrected chi connectivity index (χ2v) is 3.02. The maximum atomic E-state index is 11.3. The molecule has 6 nitrogen and oxygen atoms in total. The van der Waals surface area contributed by atoms with Gasteiger partial charge in [0, 0.05) is 0 Å². The SMILES string of the molecule is CONC(=O)C1(C)COC(=O)OC1. The van der Waals surface area contributed by atoms with Gasteiger partial charge in [0.05, 0.1) is 7.11 Å². The molecule has 1 saturated heterocycles. The van der Waals surface area contributed by atoms with Crippen molar-refractivity contribution >= 4 is 12.1 Å². The lowest BCUT2D eigenvalue weighted by Crippen LogP contribution is -2.48. The average molecular weight is 189 g/mol. The molecule has 0 aliphatic carbocycles. The molecule has 0 spiro atoms. The van der Waals surface area contributed by atoms with Crippen LogP contribution in [0.1, 0.15) is 6.92 Å². The van der Waals surface area contributed by atoms with Crippen molar-refractivity contribution in [2.45, 2.75) is 6.92 Å². The number of nitrogens with one attached hydrogen (secondary N) is 1. The van der Waals surface area contributed by atoms with Crippen molar-refractivity contribution in [3.63, 3.8) is 0 Å². The maximum absolute atomic E-state index is 11.3. The lowest BCUT2D eigenvalue weighted by Gasteiger charge is -2.29. The van der Waals surface area contributed by atoms with Crippen LogP contribution in [0.15, 0.2) is 0 Å². The number of cyclic esters (lactones) is 2. The van der Waals surface area contributed by atoms with Gasteiger partial charge in [-0.25, -0.2) is 10.3 Å². The minimum atomic E-state index is -0.871. The second-order valence-electron chi connectivity index (χ2n) is 3.02. The minimum absolute atomic E-state index is 0.00102. The Labute approximate surface area is 75.1 Å². The lowest BCUT2D eigenvalue weighted by molar-refractivity contribution is -0.152. The number of hydrogen-bond acceptors (Lipinski definition) is 5. The van der Waals surface area contributed by atoms with Crippen LogP contribution >= 0.6 is 0 Å². The molecule has 0 saturated carbocycles. The van der Waals surface area contributed by atoms with Gasteiger partial charge < -0.3 is 9.47 Å². The van der Waals surface area contributed by atoms with Gasteiger partial charge in [0.1, 0.15) is 18.6 Å². The summed E-state index contributed by atoms with van der Waals surface area (Å²) in [7, 11) is 1.33. The van der Waals surface area contributed by atoms with Crippen LogP contribution in [0.2, 0.25) is 0 Å². The van der Waals surface area contributed by atoms with E-state index in [-0.39, 0.29) is 19.1 Å². The fourth-order valence-corrected chi connectivity index (χ4v) is 0.867. The molecule has 6 heteroatoms. The highest BCUT2D eigenvalue weighted by Gasteiger charge is 2.40. The third-order valence-electron chi connectivity index (χ3n) is 1.76. The first-order valence-electron chi connectivity index (χ1n) is 3.71. The second kappa shape index (κ2) is 3.61. The summed E-state index contributed by atoms with van der Waals surface area (Å²) in [5.74, 6) is -0.373. The van der Waals surface area contributed by atoms with Crippen LogP contribution in [0, 0.1) is 5.41 Å². The lowest BCUT2D eigenvalue weighted by atomic mass is 9.92. The predicted octanol–water partition coefficient (Wildman–Crippen LogP) is -0.163. The fourth-order valence-electron chi connectivity index (χ4n) is 0.867. The molecule has 1 heterocycles. The number of carbonyl (C=O) groups is 2. The molecule has 0 unspecified atom stereocenters. The Hall–Kier alpha value is -1.30. The number of carbonyl (C=O) groups excluding carboxylic acids is 2. The van der Waals surface area contributed by atoms with Gasteiger partial charge in [-0.05, 0) is 6.92 Å². The van der Waals surface area contributed by atoms with Crippen molar-refractivity contribution in [2.24, 2.45) is 5.41 Å². The normalized spacial score (nSPS) is 20.0. The number of hydrogen-bond donors (Lipinski definition) is 1. The van der Waals surface area contributed by atoms with E-state index < -0.39 is 11.6 Å². The van der Waals surface area contributed by atoms with Gasteiger partial charge >= 0.3 is 6.16 Å².